The number of ether oxygens (including phenoxy) is 2. The van der Waals surface area contributed by atoms with E-state index in [0.29, 0.717) is 50.0 Å². The van der Waals surface area contributed by atoms with E-state index in [1.54, 1.807) is 0 Å². The lowest BCUT2D eigenvalue weighted by molar-refractivity contribution is -0.0319. The molecule has 218 valence electrons. The molecule has 6 nitrogen and oxygen atoms in total. The van der Waals surface area contributed by atoms with Gasteiger partial charge in [-0.1, -0.05) is 70.1 Å². The van der Waals surface area contributed by atoms with Crippen LogP contribution in [-0.2, 0) is 9.47 Å². The average molecular weight is 543 g/mol. The first-order valence-corrected chi connectivity index (χ1v) is 15.3. The second kappa shape index (κ2) is 12.7. The highest BCUT2D eigenvalue weighted by Crippen LogP contribution is 2.59. The molecule has 4 aliphatic carbocycles. The molecule has 4 aliphatic rings. The van der Waals surface area contributed by atoms with Gasteiger partial charge in [0.15, 0.2) is 0 Å². The summed E-state index contributed by atoms with van der Waals surface area (Å²) in [6, 6.07) is 0. The molecule has 6 heteroatoms. The Morgan fingerprint density at radius 1 is 1.15 bits per heavy atom. The highest BCUT2D eigenvalue weighted by Gasteiger charge is 2.53. The maximum Gasteiger partial charge on any atom is 0.508 e. The first-order valence-electron chi connectivity index (χ1n) is 15.3. The van der Waals surface area contributed by atoms with Crippen LogP contribution in [0.2, 0.25) is 0 Å². The van der Waals surface area contributed by atoms with E-state index in [0.717, 1.165) is 56.1 Å². The molecule has 39 heavy (non-hydrogen) atoms. The molecule has 0 aromatic heterocycles. The van der Waals surface area contributed by atoms with E-state index in [4.69, 9.17) is 9.47 Å². The zero-order valence-electron chi connectivity index (χ0n) is 24.2. The third-order valence-electron chi connectivity index (χ3n) is 10.1. The first kappa shape index (κ1) is 30.1. The molecule has 3 N–H and O–H groups in total. The minimum atomic E-state index is -0.835. The molecule has 0 radical (unpaired) electrons. The van der Waals surface area contributed by atoms with Crippen molar-refractivity contribution in [3.8, 4) is 0 Å². The number of fused-ring (bicyclic) bond motifs is 1. The van der Waals surface area contributed by atoms with Crippen LogP contribution in [0.1, 0.15) is 97.8 Å². The molecule has 4 fully saturated rings. The Bertz CT molecular complexity index is 975. The van der Waals surface area contributed by atoms with Crippen LogP contribution in [-0.4, -0.2) is 52.0 Å². The molecule has 0 saturated heterocycles. The van der Waals surface area contributed by atoms with Gasteiger partial charge in [0.1, 0.15) is 11.7 Å². The first-order chi connectivity index (χ1) is 18.6. The zero-order chi connectivity index (χ0) is 28.2. The molecular weight excluding hydrogens is 492 g/mol. The summed E-state index contributed by atoms with van der Waals surface area (Å²) in [6.45, 7) is 11.2. The number of unbranched alkanes of at least 4 members (excludes halogenated alkanes) is 2. The van der Waals surface area contributed by atoms with Gasteiger partial charge in [-0.3, -0.25) is 0 Å². The van der Waals surface area contributed by atoms with Gasteiger partial charge >= 0.3 is 6.16 Å². The Balaban J connectivity index is 1.37. The molecule has 0 heterocycles. The average Bonchev–Trinajstić information content (AvgIpc) is 3.59. The molecule has 0 aliphatic heterocycles. The molecule has 0 spiro atoms. The lowest BCUT2D eigenvalue weighted by atomic mass is 9.61. The van der Waals surface area contributed by atoms with Gasteiger partial charge in [-0.25, -0.2) is 4.79 Å². The van der Waals surface area contributed by atoms with E-state index in [1.165, 1.54) is 12.0 Å². The van der Waals surface area contributed by atoms with E-state index in [9.17, 15) is 20.1 Å². The number of hydrogen-bond donors (Lipinski definition) is 3. The highest BCUT2D eigenvalue weighted by atomic mass is 16.7. The number of carbonyl (C=O) groups is 1. The molecule has 0 aromatic carbocycles. The third-order valence-corrected chi connectivity index (χ3v) is 10.1. The minimum Gasteiger partial charge on any atom is -0.434 e. The van der Waals surface area contributed by atoms with Gasteiger partial charge in [0.2, 0.25) is 0 Å². The Labute approximate surface area is 234 Å². The summed E-state index contributed by atoms with van der Waals surface area (Å²) in [5, 5.41) is 31.2. The summed E-state index contributed by atoms with van der Waals surface area (Å²) in [4.78, 5) is 12.1. The van der Waals surface area contributed by atoms with Crippen molar-refractivity contribution in [3.63, 3.8) is 0 Å². The Morgan fingerprint density at radius 2 is 1.92 bits per heavy atom. The van der Waals surface area contributed by atoms with Crippen LogP contribution in [0.5, 0.6) is 0 Å². The van der Waals surface area contributed by atoms with Gasteiger partial charge in [0.25, 0.3) is 0 Å². The van der Waals surface area contributed by atoms with Crippen LogP contribution in [0.25, 0.3) is 0 Å². The van der Waals surface area contributed by atoms with Crippen molar-refractivity contribution in [1.29, 1.82) is 0 Å². The van der Waals surface area contributed by atoms with E-state index >= 15 is 0 Å². The van der Waals surface area contributed by atoms with Crippen LogP contribution in [0, 0.1) is 23.2 Å². The van der Waals surface area contributed by atoms with Gasteiger partial charge in [0, 0.05) is 6.42 Å². The predicted molar refractivity (Wildman–Crippen MR) is 153 cm³/mol. The van der Waals surface area contributed by atoms with E-state index < -0.39 is 30.1 Å². The molecule has 4 rings (SSSR count). The third kappa shape index (κ3) is 6.89. The van der Waals surface area contributed by atoms with Crippen LogP contribution in [0.3, 0.4) is 0 Å². The Morgan fingerprint density at radius 3 is 2.64 bits per heavy atom. The van der Waals surface area contributed by atoms with Crippen molar-refractivity contribution < 1.29 is 29.6 Å². The number of aliphatic hydroxyl groups is 3. The highest BCUT2D eigenvalue weighted by molar-refractivity contribution is 5.61. The SMILES string of the molecule is C=C1/C(=C\C=C2/CCC[C@]3(C)[C@@H]([C@H](C)/C=C/[C@@H](O)C4(OC(=O)OCCCCC)CC4)CC[C@@H]23)C[C@@H](O)C[C@@H]1O. The fourth-order valence-corrected chi connectivity index (χ4v) is 7.48. The van der Waals surface area contributed by atoms with Crippen molar-refractivity contribution in [1.82, 2.24) is 0 Å². The summed E-state index contributed by atoms with van der Waals surface area (Å²) in [5.41, 5.74) is 2.52. The summed E-state index contributed by atoms with van der Waals surface area (Å²) in [7, 11) is 0. The monoisotopic (exact) mass is 542 g/mol. The lowest BCUT2D eigenvalue weighted by Gasteiger charge is -2.44. The predicted octanol–water partition coefficient (Wildman–Crippen LogP) is 6.56. The van der Waals surface area contributed by atoms with Gasteiger partial charge in [-0.15, -0.1) is 0 Å². The van der Waals surface area contributed by atoms with E-state index in [1.807, 2.05) is 6.08 Å². The van der Waals surface area contributed by atoms with Crippen molar-refractivity contribution in [2.45, 2.75) is 122 Å². The molecule has 0 aromatic rings. The van der Waals surface area contributed by atoms with Crippen LogP contribution < -0.4 is 0 Å². The van der Waals surface area contributed by atoms with Crippen molar-refractivity contribution in [2.24, 2.45) is 23.2 Å². The van der Waals surface area contributed by atoms with Crippen LogP contribution in [0.15, 0.2) is 47.6 Å². The number of rotatable bonds is 10. The summed E-state index contributed by atoms with van der Waals surface area (Å²) in [5.74, 6) is 1.32. The van der Waals surface area contributed by atoms with Crippen LogP contribution >= 0.6 is 0 Å². The van der Waals surface area contributed by atoms with Crippen molar-refractivity contribution in [2.75, 3.05) is 6.61 Å². The zero-order valence-corrected chi connectivity index (χ0v) is 24.2. The van der Waals surface area contributed by atoms with E-state index in [-0.39, 0.29) is 5.41 Å². The second-order valence-corrected chi connectivity index (χ2v) is 12.8. The normalized spacial score (nSPS) is 35.7. The topological polar surface area (TPSA) is 96.2 Å². The maximum atomic E-state index is 12.1. The van der Waals surface area contributed by atoms with Gasteiger partial charge in [-0.2, -0.15) is 0 Å². The Kier molecular flexibility index (Phi) is 9.83. The Hall–Kier alpha value is -1.89. The molecule has 0 bridgehead atoms. The number of allylic oxidation sites excluding steroid dienone is 4. The minimum absolute atomic E-state index is 0.190. The van der Waals surface area contributed by atoms with Gasteiger partial charge in [0.05, 0.1) is 18.8 Å². The fourth-order valence-electron chi connectivity index (χ4n) is 7.48. The van der Waals surface area contributed by atoms with Gasteiger partial charge in [-0.05, 0) is 92.1 Å². The standard InChI is InChI=1S/C33H50O6/c1-5-6-7-19-38-31(37)39-33(17-18-33)30(36)15-10-22(2)27-13-14-28-24(9-8-16-32(27,28)4)11-12-25-20-26(34)21-29(35)23(25)3/h10-12,15,22,26-30,34-36H,3,5-9,13-14,16-21H2,1-2,4H3/b15-10+,24-11+,25-12-/t22-,26-,27-,28+,29+,30-,32-/m1/s1. The quantitative estimate of drug-likeness (QED) is 0.164. The molecule has 4 saturated carbocycles. The van der Waals surface area contributed by atoms with E-state index in [2.05, 4.69) is 45.6 Å². The summed E-state index contributed by atoms with van der Waals surface area (Å²) in [6.07, 6.45) is 16.5. The number of aliphatic hydroxyl groups excluding tert-OH is 3. The molecule has 7 atom stereocenters. The van der Waals surface area contributed by atoms with Crippen LogP contribution in [0.4, 0.5) is 4.79 Å². The second-order valence-electron chi connectivity index (χ2n) is 12.8. The van der Waals surface area contributed by atoms with Gasteiger partial charge < -0.3 is 24.8 Å². The lowest BCUT2D eigenvalue weighted by Crippen LogP contribution is -2.36. The number of carbonyl (C=O) groups excluding carboxylic acids is 1. The summed E-state index contributed by atoms with van der Waals surface area (Å²) < 4.78 is 10.8. The molecular formula is C33H50O6. The largest absolute Gasteiger partial charge is 0.508 e. The molecule has 0 amide bonds. The van der Waals surface area contributed by atoms with Crippen molar-refractivity contribution in [3.05, 3.63) is 47.6 Å². The smallest absolute Gasteiger partial charge is 0.434 e. The van der Waals surface area contributed by atoms with Crippen molar-refractivity contribution >= 4 is 6.16 Å². The maximum absolute atomic E-state index is 12.1. The summed E-state index contributed by atoms with van der Waals surface area (Å²) >= 11 is 0. The fraction of sp³-hybridized carbons (Fsp3) is 0.727. The number of hydrogen-bond acceptors (Lipinski definition) is 6. The molecule has 0 unspecified atom stereocenters.